The number of rotatable bonds is 7. The number of sulfonamides is 1. The molecular weight excluding hydrogens is 562 g/mol. The van der Waals surface area contributed by atoms with Gasteiger partial charge in [0.25, 0.3) is 5.91 Å². The number of anilines is 2. The molecule has 16 heteroatoms. The standard InChI is InChI=1S/C24H30ClN9O5S/c1-33(2)18(36)12-29-40(38,39)15-5-3-4-14(10-15)23(37)34-8-6-24(7-9-34)13-28-17(32-24)11-16(35)19-21(26)31-22(27)20(25)30-19/h3-5,10-11,28-29,32H,6-9,12-13H2,1-2H3,(H4,26,27,31)/b17-11+. The van der Waals surface area contributed by atoms with Gasteiger partial charge in [-0.05, 0) is 31.0 Å². The van der Waals surface area contributed by atoms with Gasteiger partial charge < -0.3 is 31.9 Å². The lowest BCUT2D eigenvalue weighted by Crippen LogP contribution is -2.53. The Morgan fingerprint density at radius 2 is 1.88 bits per heavy atom. The second kappa shape index (κ2) is 11.3. The number of piperidine rings is 1. The van der Waals surface area contributed by atoms with Crippen LogP contribution in [0, 0.1) is 0 Å². The molecule has 4 rings (SSSR count). The van der Waals surface area contributed by atoms with Gasteiger partial charge in [-0.25, -0.2) is 23.1 Å². The topological polar surface area (TPSA) is 206 Å². The van der Waals surface area contributed by atoms with E-state index < -0.39 is 21.7 Å². The number of carbonyl (C=O) groups is 3. The molecular formula is C24H30ClN9O5S. The SMILES string of the molecule is CN(C)C(=O)CNS(=O)(=O)c1cccc(C(=O)N2CCC3(CC2)CN/C(=C\C(=O)c2nc(Cl)c(N)nc2N)N3)c1. The second-order valence-corrected chi connectivity index (χ2v) is 11.9. The van der Waals surface area contributed by atoms with Crippen molar-refractivity contribution in [3.63, 3.8) is 0 Å². The molecule has 2 saturated heterocycles. The van der Waals surface area contributed by atoms with E-state index in [1.165, 1.54) is 43.3 Å². The van der Waals surface area contributed by atoms with Crippen molar-refractivity contribution >= 4 is 50.9 Å². The molecule has 1 spiro atoms. The number of likely N-dealkylation sites (N-methyl/N-ethyl adjacent to an activating group) is 1. The van der Waals surface area contributed by atoms with E-state index >= 15 is 0 Å². The molecule has 0 unspecified atom stereocenters. The summed E-state index contributed by atoms with van der Waals surface area (Å²) in [5, 5.41) is 6.39. The molecule has 1 aromatic heterocycles. The molecule has 0 saturated carbocycles. The van der Waals surface area contributed by atoms with Crippen LogP contribution in [0.3, 0.4) is 0 Å². The first kappa shape index (κ1) is 29.0. The largest absolute Gasteiger partial charge is 0.382 e. The van der Waals surface area contributed by atoms with Crippen LogP contribution < -0.4 is 26.8 Å². The van der Waals surface area contributed by atoms with Gasteiger partial charge in [0.2, 0.25) is 21.7 Å². The highest BCUT2D eigenvalue weighted by Gasteiger charge is 2.40. The molecule has 0 aliphatic carbocycles. The van der Waals surface area contributed by atoms with Gasteiger partial charge in [0.15, 0.2) is 22.5 Å². The van der Waals surface area contributed by atoms with E-state index in [4.69, 9.17) is 23.1 Å². The van der Waals surface area contributed by atoms with Crippen LogP contribution in [-0.2, 0) is 14.8 Å². The first-order chi connectivity index (χ1) is 18.8. The van der Waals surface area contributed by atoms with Crippen LogP contribution in [0.25, 0.3) is 0 Å². The summed E-state index contributed by atoms with van der Waals surface area (Å²) >= 11 is 5.88. The van der Waals surface area contributed by atoms with Crippen molar-refractivity contribution in [1.82, 2.24) is 35.1 Å². The average molecular weight is 592 g/mol. The monoisotopic (exact) mass is 591 g/mol. The Kier molecular flexibility index (Phi) is 8.18. The van der Waals surface area contributed by atoms with Crippen LogP contribution in [0.4, 0.5) is 11.6 Å². The maximum Gasteiger partial charge on any atom is 0.253 e. The van der Waals surface area contributed by atoms with Crippen molar-refractivity contribution in [2.75, 3.05) is 51.7 Å². The summed E-state index contributed by atoms with van der Waals surface area (Å²) in [6.07, 6.45) is 2.49. The molecule has 7 N–H and O–H groups in total. The average Bonchev–Trinajstić information content (AvgIpc) is 3.30. The fourth-order valence-corrected chi connectivity index (χ4v) is 5.51. The summed E-state index contributed by atoms with van der Waals surface area (Å²) in [5.41, 5.74) is 11.1. The molecule has 0 atom stereocenters. The number of amides is 2. The van der Waals surface area contributed by atoms with Gasteiger partial charge in [0, 0.05) is 45.4 Å². The number of nitrogens with two attached hydrogens (primary N) is 2. The first-order valence-electron chi connectivity index (χ1n) is 12.3. The summed E-state index contributed by atoms with van der Waals surface area (Å²) in [4.78, 5) is 48.2. The van der Waals surface area contributed by atoms with Crippen molar-refractivity contribution in [3.8, 4) is 0 Å². The number of nitrogens with one attached hydrogen (secondary N) is 3. The fourth-order valence-electron chi connectivity index (χ4n) is 4.36. The Morgan fingerprint density at radius 1 is 1.18 bits per heavy atom. The number of ketones is 1. The Hall–Kier alpha value is -3.95. The minimum absolute atomic E-state index is 0.0674. The molecule has 2 amide bonds. The summed E-state index contributed by atoms with van der Waals surface area (Å²) < 4.78 is 27.6. The predicted molar refractivity (Wildman–Crippen MR) is 148 cm³/mol. The van der Waals surface area contributed by atoms with Crippen molar-refractivity contribution in [3.05, 3.63) is 52.6 Å². The number of hydrogen-bond acceptors (Lipinski definition) is 11. The number of carbonyl (C=O) groups excluding carboxylic acids is 3. The normalized spacial score (nSPS) is 17.4. The number of likely N-dealkylation sites (tertiary alicyclic amines) is 1. The number of allylic oxidation sites excluding steroid dienone is 1. The minimum atomic E-state index is -3.99. The van der Waals surface area contributed by atoms with Crippen LogP contribution in [-0.4, -0.2) is 91.6 Å². The molecule has 14 nitrogen and oxygen atoms in total. The second-order valence-electron chi connectivity index (χ2n) is 9.75. The van der Waals surface area contributed by atoms with Gasteiger partial charge >= 0.3 is 0 Å². The van der Waals surface area contributed by atoms with E-state index in [2.05, 4.69) is 25.3 Å². The molecule has 2 aliphatic rings. The Morgan fingerprint density at radius 3 is 2.55 bits per heavy atom. The molecule has 2 aromatic rings. The zero-order chi connectivity index (χ0) is 29.2. The lowest BCUT2D eigenvalue weighted by molar-refractivity contribution is -0.127. The number of aromatic nitrogens is 2. The molecule has 40 heavy (non-hydrogen) atoms. The third kappa shape index (κ3) is 6.26. The number of halogens is 1. The van der Waals surface area contributed by atoms with E-state index in [1.54, 1.807) is 11.0 Å². The number of nitrogen functional groups attached to an aromatic ring is 2. The Labute approximate surface area is 236 Å². The highest BCUT2D eigenvalue weighted by molar-refractivity contribution is 7.89. The van der Waals surface area contributed by atoms with Crippen molar-refractivity contribution in [2.45, 2.75) is 23.3 Å². The van der Waals surface area contributed by atoms with Gasteiger partial charge in [0.1, 0.15) is 5.82 Å². The van der Waals surface area contributed by atoms with Gasteiger partial charge in [-0.15, -0.1) is 0 Å². The lowest BCUT2D eigenvalue weighted by atomic mass is 9.88. The van der Waals surface area contributed by atoms with Gasteiger partial charge in [-0.1, -0.05) is 17.7 Å². The predicted octanol–water partition coefficient (Wildman–Crippen LogP) is -0.447. The van der Waals surface area contributed by atoms with E-state index in [-0.39, 0.29) is 50.9 Å². The summed E-state index contributed by atoms with van der Waals surface area (Å²) in [6, 6.07) is 5.71. The van der Waals surface area contributed by atoms with Crippen LogP contribution in [0.5, 0.6) is 0 Å². The van der Waals surface area contributed by atoms with Crippen molar-refractivity contribution in [1.29, 1.82) is 0 Å². The Bertz CT molecular complexity index is 1490. The van der Waals surface area contributed by atoms with Crippen LogP contribution in [0.1, 0.15) is 33.7 Å². The maximum absolute atomic E-state index is 13.2. The van der Waals surface area contributed by atoms with Crippen LogP contribution in [0.15, 0.2) is 41.1 Å². The molecule has 1 aromatic carbocycles. The molecule has 2 fully saturated rings. The van der Waals surface area contributed by atoms with E-state index in [9.17, 15) is 22.8 Å². The molecule has 2 aliphatic heterocycles. The van der Waals surface area contributed by atoms with E-state index in [0.29, 0.717) is 38.3 Å². The van der Waals surface area contributed by atoms with E-state index in [1.807, 2.05) is 0 Å². The molecule has 214 valence electrons. The van der Waals surface area contributed by atoms with E-state index in [0.717, 1.165) is 0 Å². The van der Waals surface area contributed by atoms with Gasteiger partial charge in [-0.2, -0.15) is 0 Å². The zero-order valence-corrected chi connectivity index (χ0v) is 23.5. The zero-order valence-electron chi connectivity index (χ0n) is 21.9. The third-order valence-electron chi connectivity index (χ3n) is 6.74. The summed E-state index contributed by atoms with van der Waals surface area (Å²) in [5.74, 6) is -0.912. The first-order valence-corrected chi connectivity index (χ1v) is 14.1. The smallest absolute Gasteiger partial charge is 0.253 e. The number of benzene rings is 1. The van der Waals surface area contributed by atoms with Crippen LogP contribution in [0.2, 0.25) is 5.15 Å². The van der Waals surface area contributed by atoms with Crippen molar-refractivity contribution < 1.29 is 22.8 Å². The minimum Gasteiger partial charge on any atom is -0.382 e. The fraction of sp³-hybridized carbons (Fsp3) is 0.375. The molecule has 0 radical (unpaired) electrons. The quantitative estimate of drug-likeness (QED) is 0.206. The van der Waals surface area contributed by atoms with Gasteiger partial charge in [0.05, 0.1) is 17.0 Å². The highest BCUT2D eigenvalue weighted by atomic mass is 35.5. The highest BCUT2D eigenvalue weighted by Crippen LogP contribution is 2.28. The summed E-state index contributed by atoms with van der Waals surface area (Å²) in [7, 11) is -0.940. The molecule has 0 bridgehead atoms. The van der Waals surface area contributed by atoms with Crippen molar-refractivity contribution in [2.24, 2.45) is 0 Å². The van der Waals surface area contributed by atoms with Gasteiger partial charge in [-0.3, -0.25) is 14.4 Å². The summed E-state index contributed by atoms with van der Waals surface area (Å²) in [6.45, 7) is 0.961. The lowest BCUT2D eigenvalue weighted by Gasteiger charge is -2.39. The maximum atomic E-state index is 13.2. The Balaban J connectivity index is 1.38. The number of nitrogens with zero attached hydrogens (tertiary/aromatic N) is 4. The molecule has 3 heterocycles. The van der Waals surface area contributed by atoms with Crippen LogP contribution >= 0.6 is 11.6 Å². The number of hydrogen-bond donors (Lipinski definition) is 5. The third-order valence-corrected chi connectivity index (χ3v) is 8.42.